The van der Waals surface area contributed by atoms with Gasteiger partial charge in [-0.1, -0.05) is 29.3 Å². The molecule has 0 saturated heterocycles. The molecule has 19 heavy (non-hydrogen) atoms. The highest BCUT2D eigenvalue weighted by molar-refractivity contribution is 6.37. The van der Waals surface area contributed by atoms with E-state index < -0.39 is 0 Å². The summed E-state index contributed by atoms with van der Waals surface area (Å²) in [6, 6.07) is 10.7. The smallest absolute Gasteiger partial charge is 0.257 e. The topological polar surface area (TPSA) is 29.1 Å². The highest BCUT2D eigenvalue weighted by atomic mass is 35.5. The Kier molecular flexibility index (Phi) is 4.13. The molecular formula is C15H13Cl2NO. The third-order valence-corrected chi connectivity index (χ3v) is 3.20. The second-order valence-corrected chi connectivity index (χ2v) is 5.30. The minimum absolute atomic E-state index is 0.244. The number of benzene rings is 2. The maximum absolute atomic E-state index is 12.1. The van der Waals surface area contributed by atoms with Crippen molar-refractivity contribution in [2.24, 2.45) is 0 Å². The standard InChI is InChI=1S/C15H13Cl2NO/c1-9-5-10(2)7-12(6-9)18-15(19)13-4-3-11(16)8-14(13)17/h3-8H,1-2H3,(H,18,19). The van der Waals surface area contributed by atoms with Crippen LogP contribution in [0.1, 0.15) is 21.5 Å². The molecule has 0 atom stereocenters. The molecule has 1 N–H and O–H groups in total. The number of amides is 1. The Bertz CT molecular complexity index is 618. The third-order valence-electron chi connectivity index (χ3n) is 2.66. The molecule has 2 rings (SSSR count). The van der Waals surface area contributed by atoms with E-state index in [0.717, 1.165) is 16.8 Å². The van der Waals surface area contributed by atoms with Crippen molar-refractivity contribution in [2.45, 2.75) is 13.8 Å². The first-order valence-electron chi connectivity index (χ1n) is 5.80. The van der Waals surface area contributed by atoms with Gasteiger partial charge in [0.15, 0.2) is 0 Å². The Morgan fingerprint density at radius 1 is 1.00 bits per heavy atom. The van der Waals surface area contributed by atoms with Crippen LogP contribution in [-0.2, 0) is 0 Å². The molecule has 0 aromatic heterocycles. The van der Waals surface area contributed by atoms with Crippen LogP contribution in [-0.4, -0.2) is 5.91 Å². The van der Waals surface area contributed by atoms with E-state index in [1.807, 2.05) is 32.0 Å². The van der Waals surface area contributed by atoms with Crippen LogP contribution in [0.15, 0.2) is 36.4 Å². The lowest BCUT2D eigenvalue weighted by atomic mass is 10.1. The first-order chi connectivity index (χ1) is 8.95. The Balaban J connectivity index is 2.25. The van der Waals surface area contributed by atoms with Gasteiger partial charge in [0.05, 0.1) is 10.6 Å². The van der Waals surface area contributed by atoms with Crippen LogP contribution >= 0.6 is 23.2 Å². The highest BCUT2D eigenvalue weighted by Crippen LogP contribution is 2.22. The highest BCUT2D eigenvalue weighted by Gasteiger charge is 2.11. The first-order valence-corrected chi connectivity index (χ1v) is 6.56. The normalized spacial score (nSPS) is 10.3. The molecule has 2 aromatic carbocycles. The van der Waals surface area contributed by atoms with Crippen molar-refractivity contribution in [2.75, 3.05) is 5.32 Å². The van der Waals surface area contributed by atoms with Gasteiger partial charge >= 0.3 is 0 Å². The Morgan fingerprint density at radius 3 is 2.21 bits per heavy atom. The number of hydrogen-bond donors (Lipinski definition) is 1. The third kappa shape index (κ3) is 3.49. The zero-order valence-corrected chi connectivity index (χ0v) is 12.1. The lowest BCUT2D eigenvalue weighted by Gasteiger charge is -2.09. The van der Waals surface area contributed by atoms with E-state index in [2.05, 4.69) is 5.32 Å². The minimum Gasteiger partial charge on any atom is -0.322 e. The molecule has 0 radical (unpaired) electrons. The lowest BCUT2D eigenvalue weighted by molar-refractivity contribution is 0.102. The Labute approximate surface area is 122 Å². The van der Waals surface area contributed by atoms with Crippen LogP contribution in [0.2, 0.25) is 10.0 Å². The molecule has 98 valence electrons. The maximum Gasteiger partial charge on any atom is 0.257 e. The van der Waals surface area contributed by atoms with E-state index in [0.29, 0.717) is 15.6 Å². The molecule has 0 saturated carbocycles. The number of carbonyl (C=O) groups excluding carboxylic acids is 1. The largest absolute Gasteiger partial charge is 0.322 e. The van der Waals surface area contributed by atoms with Gasteiger partial charge in [-0.15, -0.1) is 0 Å². The van der Waals surface area contributed by atoms with Crippen molar-refractivity contribution in [1.29, 1.82) is 0 Å². The zero-order valence-electron chi connectivity index (χ0n) is 10.6. The van der Waals surface area contributed by atoms with Gasteiger partial charge in [0.1, 0.15) is 0 Å². The zero-order chi connectivity index (χ0) is 14.0. The van der Waals surface area contributed by atoms with Crippen LogP contribution in [0.4, 0.5) is 5.69 Å². The van der Waals surface area contributed by atoms with Gasteiger partial charge in [-0.2, -0.15) is 0 Å². The number of hydrogen-bond acceptors (Lipinski definition) is 1. The molecule has 0 aliphatic carbocycles. The van der Waals surface area contributed by atoms with Crippen molar-refractivity contribution < 1.29 is 4.79 Å². The fourth-order valence-corrected chi connectivity index (χ4v) is 2.41. The Morgan fingerprint density at radius 2 is 1.63 bits per heavy atom. The fraction of sp³-hybridized carbons (Fsp3) is 0.133. The number of aryl methyl sites for hydroxylation is 2. The molecule has 0 aliphatic heterocycles. The van der Waals surface area contributed by atoms with Crippen molar-refractivity contribution >= 4 is 34.8 Å². The van der Waals surface area contributed by atoms with E-state index in [1.165, 1.54) is 0 Å². The molecule has 0 aliphatic rings. The molecule has 0 unspecified atom stereocenters. The van der Waals surface area contributed by atoms with Crippen LogP contribution in [0, 0.1) is 13.8 Å². The van der Waals surface area contributed by atoms with Crippen LogP contribution in [0.3, 0.4) is 0 Å². The van der Waals surface area contributed by atoms with Crippen molar-refractivity contribution in [1.82, 2.24) is 0 Å². The molecule has 2 nitrogen and oxygen atoms in total. The summed E-state index contributed by atoms with van der Waals surface area (Å²) in [6.45, 7) is 3.97. The van der Waals surface area contributed by atoms with Gasteiger partial charge in [0.2, 0.25) is 0 Å². The molecule has 1 amide bonds. The van der Waals surface area contributed by atoms with E-state index in [4.69, 9.17) is 23.2 Å². The van der Waals surface area contributed by atoms with Crippen molar-refractivity contribution in [3.8, 4) is 0 Å². The summed E-state index contributed by atoms with van der Waals surface area (Å²) >= 11 is 11.8. The summed E-state index contributed by atoms with van der Waals surface area (Å²) in [5.74, 6) is -0.244. The van der Waals surface area contributed by atoms with Crippen LogP contribution in [0.5, 0.6) is 0 Å². The van der Waals surface area contributed by atoms with Crippen LogP contribution in [0.25, 0.3) is 0 Å². The number of nitrogens with one attached hydrogen (secondary N) is 1. The van der Waals surface area contributed by atoms with Gasteiger partial charge < -0.3 is 5.32 Å². The minimum atomic E-state index is -0.244. The molecule has 0 bridgehead atoms. The SMILES string of the molecule is Cc1cc(C)cc(NC(=O)c2ccc(Cl)cc2Cl)c1. The summed E-state index contributed by atoms with van der Waals surface area (Å²) in [5, 5.41) is 3.68. The molecular weight excluding hydrogens is 281 g/mol. The molecule has 0 spiro atoms. The number of halogens is 2. The fourth-order valence-electron chi connectivity index (χ4n) is 1.92. The molecule has 4 heteroatoms. The summed E-state index contributed by atoms with van der Waals surface area (Å²) in [4.78, 5) is 12.1. The average molecular weight is 294 g/mol. The van der Waals surface area contributed by atoms with Crippen LogP contribution < -0.4 is 5.32 Å². The second kappa shape index (κ2) is 5.64. The number of anilines is 1. The lowest BCUT2D eigenvalue weighted by Crippen LogP contribution is -2.12. The maximum atomic E-state index is 12.1. The summed E-state index contributed by atoms with van der Waals surface area (Å²) in [7, 11) is 0. The van der Waals surface area contributed by atoms with Crippen molar-refractivity contribution in [3.05, 3.63) is 63.1 Å². The molecule has 0 heterocycles. The quantitative estimate of drug-likeness (QED) is 0.841. The summed E-state index contributed by atoms with van der Waals surface area (Å²) < 4.78 is 0. The van der Waals surface area contributed by atoms with Crippen molar-refractivity contribution in [3.63, 3.8) is 0 Å². The van der Waals surface area contributed by atoms with Gasteiger partial charge in [-0.05, 0) is 55.3 Å². The number of rotatable bonds is 2. The van der Waals surface area contributed by atoms with E-state index in [-0.39, 0.29) is 5.91 Å². The second-order valence-electron chi connectivity index (χ2n) is 4.45. The van der Waals surface area contributed by atoms with Gasteiger partial charge in [-0.3, -0.25) is 4.79 Å². The van der Waals surface area contributed by atoms with E-state index in [1.54, 1.807) is 18.2 Å². The van der Waals surface area contributed by atoms with Gasteiger partial charge in [0, 0.05) is 10.7 Å². The number of carbonyl (C=O) groups is 1. The first kappa shape index (κ1) is 13.9. The van der Waals surface area contributed by atoms with Gasteiger partial charge in [-0.25, -0.2) is 0 Å². The summed E-state index contributed by atoms with van der Waals surface area (Å²) in [6.07, 6.45) is 0. The monoisotopic (exact) mass is 293 g/mol. The van der Waals surface area contributed by atoms with E-state index in [9.17, 15) is 4.79 Å². The molecule has 2 aromatic rings. The van der Waals surface area contributed by atoms with Gasteiger partial charge in [0.25, 0.3) is 5.91 Å². The molecule has 0 fully saturated rings. The predicted molar refractivity (Wildman–Crippen MR) is 80.3 cm³/mol. The predicted octanol–water partition coefficient (Wildman–Crippen LogP) is 4.86. The van der Waals surface area contributed by atoms with E-state index >= 15 is 0 Å². The Hall–Kier alpha value is -1.51. The average Bonchev–Trinajstić information content (AvgIpc) is 2.26. The summed E-state index contributed by atoms with van der Waals surface area (Å²) in [5.41, 5.74) is 3.36.